The molecule has 3 aromatic carbocycles. The van der Waals surface area contributed by atoms with Gasteiger partial charge in [-0.3, -0.25) is 0 Å². The van der Waals surface area contributed by atoms with Gasteiger partial charge in [0.25, 0.3) is 0 Å². The van der Waals surface area contributed by atoms with Crippen molar-refractivity contribution in [3.05, 3.63) is 82.6 Å². The van der Waals surface area contributed by atoms with Crippen LogP contribution in [0.3, 0.4) is 0 Å². The fraction of sp³-hybridized carbons (Fsp3) is 0. The molecule has 4 heteroatoms. The van der Waals surface area contributed by atoms with Crippen LogP contribution >= 0.6 is 33.9 Å². The maximum atomic E-state index is 4.82. The number of rotatable bonds is 2. The molecule has 0 saturated heterocycles. The molecule has 5 aromatic rings. The Labute approximate surface area is 168 Å². The van der Waals surface area contributed by atoms with Crippen LogP contribution in [-0.4, -0.2) is 9.97 Å². The molecule has 2 aromatic heterocycles. The van der Waals surface area contributed by atoms with E-state index in [1.54, 1.807) is 0 Å². The molecule has 0 bridgehead atoms. The lowest BCUT2D eigenvalue weighted by molar-refractivity contribution is 1.15. The number of nitrogens with zero attached hydrogens (tertiary/aromatic N) is 2. The molecule has 5 rings (SSSR count). The maximum Gasteiger partial charge on any atom is 0.160 e. The number of aromatic nitrogens is 2. The summed E-state index contributed by atoms with van der Waals surface area (Å²) in [6, 6.07) is 27.4. The topological polar surface area (TPSA) is 25.8 Å². The third-order valence-electron chi connectivity index (χ3n) is 4.40. The second kappa shape index (κ2) is 6.45. The van der Waals surface area contributed by atoms with Gasteiger partial charge in [0.1, 0.15) is 3.70 Å². The maximum absolute atomic E-state index is 4.82. The predicted octanol–water partition coefficient (Wildman–Crippen LogP) is 6.78. The molecular formula is C22H13IN2S. The zero-order valence-electron chi connectivity index (χ0n) is 13.7. The van der Waals surface area contributed by atoms with E-state index in [9.17, 15) is 0 Å². The highest BCUT2D eigenvalue weighted by molar-refractivity contribution is 14.1. The first kappa shape index (κ1) is 15.9. The second-order valence-corrected chi connectivity index (χ2v) is 8.26. The molecular weight excluding hydrogens is 451 g/mol. The fourth-order valence-electron chi connectivity index (χ4n) is 3.17. The molecule has 0 radical (unpaired) electrons. The predicted molar refractivity (Wildman–Crippen MR) is 119 cm³/mol. The number of benzene rings is 3. The van der Waals surface area contributed by atoms with Crippen LogP contribution in [0.4, 0.5) is 0 Å². The van der Waals surface area contributed by atoms with Gasteiger partial charge in [-0.1, -0.05) is 60.7 Å². The lowest BCUT2D eigenvalue weighted by Gasteiger charge is -2.06. The Kier molecular flexibility index (Phi) is 3.94. The average molecular weight is 464 g/mol. The van der Waals surface area contributed by atoms with E-state index in [0.29, 0.717) is 0 Å². The van der Waals surface area contributed by atoms with Crippen molar-refractivity contribution >= 4 is 54.1 Å². The van der Waals surface area contributed by atoms with Gasteiger partial charge >= 0.3 is 0 Å². The van der Waals surface area contributed by atoms with Crippen molar-refractivity contribution in [2.24, 2.45) is 0 Å². The van der Waals surface area contributed by atoms with Crippen LogP contribution in [0.2, 0.25) is 0 Å². The Hall–Kier alpha value is -2.31. The van der Waals surface area contributed by atoms with Crippen LogP contribution in [-0.2, 0) is 0 Å². The highest BCUT2D eigenvalue weighted by Gasteiger charge is 2.10. The molecule has 2 nitrogen and oxygen atoms in total. The minimum atomic E-state index is 0.768. The summed E-state index contributed by atoms with van der Waals surface area (Å²) < 4.78 is 3.56. The van der Waals surface area contributed by atoms with Crippen molar-refractivity contribution < 1.29 is 0 Å². The average Bonchev–Trinajstić information content (AvgIpc) is 3.06. The minimum Gasteiger partial charge on any atom is -0.228 e. The van der Waals surface area contributed by atoms with Crippen molar-refractivity contribution in [1.29, 1.82) is 0 Å². The van der Waals surface area contributed by atoms with Crippen LogP contribution in [0, 0.1) is 3.70 Å². The van der Waals surface area contributed by atoms with E-state index >= 15 is 0 Å². The summed E-state index contributed by atoms with van der Waals surface area (Å²) in [6.45, 7) is 0. The first-order chi connectivity index (χ1) is 12.8. The summed E-state index contributed by atoms with van der Waals surface area (Å²) in [7, 11) is 0. The highest BCUT2D eigenvalue weighted by atomic mass is 127. The largest absolute Gasteiger partial charge is 0.228 e. The van der Waals surface area contributed by atoms with Crippen LogP contribution < -0.4 is 0 Å². The Morgan fingerprint density at radius 1 is 0.654 bits per heavy atom. The van der Waals surface area contributed by atoms with E-state index in [1.807, 2.05) is 47.7 Å². The van der Waals surface area contributed by atoms with Gasteiger partial charge in [0, 0.05) is 31.3 Å². The minimum absolute atomic E-state index is 0.768. The lowest BCUT2D eigenvalue weighted by atomic mass is 10.1. The molecule has 124 valence electrons. The summed E-state index contributed by atoms with van der Waals surface area (Å²) in [5.74, 6) is 0.768. The normalized spacial score (nSPS) is 11.3. The van der Waals surface area contributed by atoms with Gasteiger partial charge in [-0.25, -0.2) is 9.97 Å². The SMILES string of the molecule is Ic1cc(-c2ccc3c(c2)sc2ccccc23)nc(-c2ccccc2)n1. The van der Waals surface area contributed by atoms with E-state index in [1.165, 1.54) is 20.2 Å². The first-order valence-corrected chi connectivity index (χ1v) is 10.2. The molecule has 0 atom stereocenters. The number of halogens is 1. The molecule has 0 aliphatic heterocycles. The van der Waals surface area contributed by atoms with Gasteiger partial charge in [0.15, 0.2) is 5.82 Å². The number of fused-ring (bicyclic) bond motifs is 3. The summed E-state index contributed by atoms with van der Waals surface area (Å²) in [5.41, 5.74) is 3.12. The van der Waals surface area contributed by atoms with Gasteiger partial charge in [-0.05, 0) is 40.8 Å². The van der Waals surface area contributed by atoms with E-state index in [4.69, 9.17) is 4.98 Å². The molecule has 0 N–H and O–H groups in total. The Morgan fingerprint density at radius 2 is 1.42 bits per heavy atom. The van der Waals surface area contributed by atoms with Gasteiger partial charge in [-0.2, -0.15) is 0 Å². The first-order valence-electron chi connectivity index (χ1n) is 8.30. The molecule has 2 heterocycles. The lowest BCUT2D eigenvalue weighted by Crippen LogP contribution is -1.94. The monoisotopic (exact) mass is 464 g/mol. The highest BCUT2D eigenvalue weighted by Crippen LogP contribution is 2.36. The Bertz CT molecular complexity index is 1250. The number of hydrogen-bond acceptors (Lipinski definition) is 3. The fourth-order valence-corrected chi connectivity index (χ4v) is 4.84. The summed E-state index contributed by atoms with van der Waals surface area (Å²) in [5, 5.41) is 2.63. The van der Waals surface area contributed by atoms with Gasteiger partial charge in [0.05, 0.1) is 5.69 Å². The van der Waals surface area contributed by atoms with Crippen molar-refractivity contribution in [1.82, 2.24) is 9.97 Å². The van der Waals surface area contributed by atoms with Crippen LogP contribution in [0.15, 0.2) is 78.9 Å². The zero-order chi connectivity index (χ0) is 17.5. The van der Waals surface area contributed by atoms with Crippen LogP contribution in [0.5, 0.6) is 0 Å². The van der Waals surface area contributed by atoms with Crippen molar-refractivity contribution in [2.45, 2.75) is 0 Å². The molecule has 0 unspecified atom stereocenters. The molecule has 0 aliphatic rings. The second-order valence-electron chi connectivity index (χ2n) is 6.07. The van der Waals surface area contributed by atoms with E-state index < -0.39 is 0 Å². The Balaban J connectivity index is 1.67. The smallest absolute Gasteiger partial charge is 0.160 e. The number of thiophene rings is 1. The third kappa shape index (κ3) is 2.79. The summed E-state index contributed by atoms with van der Waals surface area (Å²) >= 11 is 4.10. The standard InChI is InChI=1S/C22H13IN2S/c23-21-13-18(24-22(25-21)14-6-2-1-3-7-14)15-10-11-17-16-8-4-5-9-19(16)26-20(17)12-15/h1-13H. The molecule has 0 amide bonds. The summed E-state index contributed by atoms with van der Waals surface area (Å²) in [4.78, 5) is 9.43. The molecule has 0 aliphatic carbocycles. The molecule has 0 fully saturated rings. The van der Waals surface area contributed by atoms with Crippen molar-refractivity contribution in [2.75, 3.05) is 0 Å². The van der Waals surface area contributed by atoms with E-state index in [0.717, 1.165) is 26.3 Å². The molecule has 0 saturated carbocycles. The van der Waals surface area contributed by atoms with Gasteiger partial charge in [-0.15, -0.1) is 11.3 Å². The van der Waals surface area contributed by atoms with E-state index in [2.05, 4.69) is 70.0 Å². The van der Waals surface area contributed by atoms with Gasteiger partial charge < -0.3 is 0 Å². The van der Waals surface area contributed by atoms with Crippen molar-refractivity contribution in [3.8, 4) is 22.6 Å². The van der Waals surface area contributed by atoms with Crippen molar-refractivity contribution in [3.63, 3.8) is 0 Å². The summed E-state index contributed by atoms with van der Waals surface area (Å²) in [6.07, 6.45) is 0. The third-order valence-corrected chi connectivity index (χ3v) is 6.09. The van der Waals surface area contributed by atoms with E-state index in [-0.39, 0.29) is 0 Å². The zero-order valence-corrected chi connectivity index (χ0v) is 16.7. The Morgan fingerprint density at radius 3 is 2.31 bits per heavy atom. The molecule has 26 heavy (non-hydrogen) atoms. The van der Waals surface area contributed by atoms with Crippen LogP contribution in [0.1, 0.15) is 0 Å². The molecule has 0 spiro atoms. The van der Waals surface area contributed by atoms with Gasteiger partial charge in [0.2, 0.25) is 0 Å². The quantitative estimate of drug-likeness (QED) is 0.213. The number of hydrogen-bond donors (Lipinski definition) is 0. The van der Waals surface area contributed by atoms with Crippen LogP contribution in [0.25, 0.3) is 42.8 Å².